The van der Waals surface area contributed by atoms with Crippen molar-refractivity contribution in [2.45, 2.75) is 26.2 Å². The summed E-state index contributed by atoms with van der Waals surface area (Å²) < 4.78 is 0. The molecule has 0 bridgehead atoms. The second kappa shape index (κ2) is 12.3. The van der Waals surface area contributed by atoms with Crippen LogP contribution in [0.25, 0.3) is 77.6 Å². The van der Waals surface area contributed by atoms with E-state index in [-0.39, 0.29) is 5.92 Å². The van der Waals surface area contributed by atoms with E-state index in [1.165, 1.54) is 21.7 Å². The first-order chi connectivity index (χ1) is 24.6. The highest BCUT2D eigenvalue weighted by atomic mass is 15.0. The molecule has 4 nitrogen and oxygen atoms in total. The van der Waals surface area contributed by atoms with Crippen molar-refractivity contribution in [1.82, 2.24) is 19.9 Å². The Kier molecular flexibility index (Phi) is 7.35. The first kappa shape index (κ1) is 29.8. The molecule has 6 aromatic carbocycles. The van der Waals surface area contributed by atoms with Crippen molar-refractivity contribution in [3.05, 3.63) is 168 Å². The minimum Gasteiger partial charge on any atom is -0.256 e. The lowest BCUT2D eigenvalue weighted by molar-refractivity contribution is 0.766. The number of hydrogen-bond acceptors (Lipinski definition) is 4. The lowest BCUT2D eigenvalue weighted by Crippen LogP contribution is -2.09. The van der Waals surface area contributed by atoms with Gasteiger partial charge in [-0.05, 0) is 93.6 Å². The Hall–Kier alpha value is -6.26. The molecule has 0 radical (unpaired) electrons. The zero-order valence-corrected chi connectivity index (χ0v) is 28.0. The van der Waals surface area contributed by atoms with E-state index < -0.39 is 0 Å². The highest BCUT2D eigenvalue weighted by Crippen LogP contribution is 2.38. The van der Waals surface area contributed by atoms with Gasteiger partial charge in [0.2, 0.25) is 0 Å². The van der Waals surface area contributed by atoms with Gasteiger partial charge in [0.05, 0.1) is 5.52 Å². The van der Waals surface area contributed by atoms with Crippen LogP contribution in [0.5, 0.6) is 0 Å². The number of nitrogens with zero attached hydrogens (tertiary/aromatic N) is 4. The van der Waals surface area contributed by atoms with Gasteiger partial charge in [0, 0.05) is 34.2 Å². The monoisotopic (exact) mass is 642 g/mol. The Morgan fingerprint density at radius 3 is 2.02 bits per heavy atom. The molecule has 1 aliphatic carbocycles. The predicted molar refractivity (Wildman–Crippen MR) is 209 cm³/mol. The molecule has 0 aliphatic heterocycles. The minimum absolute atomic E-state index is 0.00823. The van der Waals surface area contributed by atoms with Crippen molar-refractivity contribution in [2.75, 3.05) is 0 Å². The molecule has 1 atom stereocenters. The van der Waals surface area contributed by atoms with Gasteiger partial charge in [-0.25, -0.2) is 15.0 Å². The molecule has 2 aromatic heterocycles. The molecule has 238 valence electrons. The lowest BCUT2D eigenvalue weighted by atomic mass is 9.92. The number of fused-ring (bicyclic) bond motifs is 5. The van der Waals surface area contributed by atoms with Gasteiger partial charge in [0.25, 0.3) is 0 Å². The molecule has 0 fully saturated rings. The molecule has 2 heterocycles. The number of benzene rings is 6. The van der Waals surface area contributed by atoms with Crippen LogP contribution < -0.4 is 0 Å². The fourth-order valence-corrected chi connectivity index (χ4v) is 7.37. The molecule has 0 saturated carbocycles. The van der Waals surface area contributed by atoms with Crippen molar-refractivity contribution in [3.63, 3.8) is 0 Å². The molecule has 9 rings (SSSR count). The molecular weight excluding hydrogens is 609 g/mol. The van der Waals surface area contributed by atoms with Crippen molar-refractivity contribution in [3.8, 4) is 22.8 Å². The average Bonchev–Trinajstić information content (AvgIpc) is 3.18. The van der Waals surface area contributed by atoms with Gasteiger partial charge in [0.1, 0.15) is 5.82 Å². The molecule has 1 unspecified atom stereocenters. The lowest BCUT2D eigenvalue weighted by Gasteiger charge is -2.19. The van der Waals surface area contributed by atoms with E-state index in [9.17, 15) is 0 Å². The van der Waals surface area contributed by atoms with E-state index in [0.29, 0.717) is 11.6 Å². The van der Waals surface area contributed by atoms with Crippen LogP contribution in [-0.4, -0.2) is 19.9 Å². The Labute approximate surface area is 291 Å². The van der Waals surface area contributed by atoms with Gasteiger partial charge in [-0.2, -0.15) is 0 Å². The second-order valence-corrected chi connectivity index (χ2v) is 13.0. The third kappa shape index (κ3) is 5.17. The number of aryl methyl sites for hydroxylation is 1. The summed E-state index contributed by atoms with van der Waals surface area (Å²) in [5.41, 5.74) is 7.70. The summed E-state index contributed by atoms with van der Waals surface area (Å²) in [6, 6.07) is 40.6. The van der Waals surface area contributed by atoms with E-state index in [1.807, 2.05) is 18.3 Å². The van der Waals surface area contributed by atoms with E-state index in [4.69, 9.17) is 19.9 Å². The Morgan fingerprint density at radius 1 is 0.640 bits per heavy atom. The highest BCUT2D eigenvalue weighted by molar-refractivity contribution is 6.13. The molecule has 0 amide bonds. The normalized spacial score (nSPS) is 14.7. The summed E-state index contributed by atoms with van der Waals surface area (Å²) in [4.78, 5) is 20.6. The van der Waals surface area contributed by atoms with E-state index >= 15 is 0 Å². The second-order valence-electron chi connectivity index (χ2n) is 13.0. The first-order valence-corrected chi connectivity index (χ1v) is 17.2. The summed E-state index contributed by atoms with van der Waals surface area (Å²) in [5.74, 6) is 2.13. The number of aromatic nitrogens is 4. The number of rotatable bonds is 5. The van der Waals surface area contributed by atoms with Gasteiger partial charge in [0.15, 0.2) is 11.6 Å². The number of allylic oxidation sites excluding steroid dienone is 5. The SMILES string of the molecule is C/C=C\c1cc(-c2nc(-c3cc4ccccc4c4ccccc34)nc(C3C=CC(c4cnc5ccccc5c4)=CC3)n2)c2ccccc2c1C. The van der Waals surface area contributed by atoms with Crippen LogP contribution in [0.4, 0.5) is 0 Å². The van der Waals surface area contributed by atoms with Gasteiger partial charge >= 0.3 is 0 Å². The van der Waals surface area contributed by atoms with E-state index in [2.05, 4.69) is 147 Å². The molecule has 4 heteroatoms. The smallest absolute Gasteiger partial charge is 0.164 e. The maximum Gasteiger partial charge on any atom is 0.164 e. The maximum atomic E-state index is 5.30. The fraction of sp³-hybridized carbons (Fsp3) is 0.0870. The van der Waals surface area contributed by atoms with Gasteiger partial charge in [-0.3, -0.25) is 4.98 Å². The third-order valence-electron chi connectivity index (χ3n) is 9.96. The number of para-hydroxylation sites is 1. The van der Waals surface area contributed by atoms with Crippen LogP contribution in [0.1, 0.15) is 41.8 Å². The summed E-state index contributed by atoms with van der Waals surface area (Å²) >= 11 is 0. The van der Waals surface area contributed by atoms with Crippen LogP contribution in [0.3, 0.4) is 0 Å². The summed E-state index contributed by atoms with van der Waals surface area (Å²) in [6.45, 7) is 4.25. The van der Waals surface area contributed by atoms with Crippen molar-refractivity contribution in [2.24, 2.45) is 0 Å². The average molecular weight is 643 g/mol. The highest BCUT2D eigenvalue weighted by Gasteiger charge is 2.22. The van der Waals surface area contributed by atoms with Crippen molar-refractivity contribution in [1.29, 1.82) is 0 Å². The largest absolute Gasteiger partial charge is 0.256 e. The molecular formula is C46H34N4. The molecule has 1 aliphatic rings. The van der Waals surface area contributed by atoms with Crippen molar-refractivity contribution < 1.29 is 0 Å². The first-order valence-electron chi connectivity index (χ1n) is 17.2. The molecule has 50 heavy (non-hydrogen) atoms. The molecule has 0 spiro atoms. The molecule has 8 aromatic rings. The van der Waals surface area contributed by atoms with Gasteiger partial charge in [-0.1, -0.05) is 121 Å². The minimum atomic E-state index is -0.00823. The zero-order chi connectivity index (χ0) is 33.6. The predicted octanol–water partition coefficient (Wildman–Crippen LogP) is 11.7. The summed E-state index contributed by atoms with van der Waals surface area (Å²) in [7, 11) is 0. The van der Waals surface area contributed by atoms with Crippen LogP contribution >= 0.6 is 0 Å². The fourth-order valence-electron chi connectivity index (χ4n) is 7.37. The summed E-state index contributed by atoms with van der Waals surface area (Å²) in [6.07, 6.45) is 13.7. The van der Waals surface area contributed by atoms with Crippen LogP contribution in [0.2, 0.25) is 0 Å². The Morgan fingerprint density at radius 2 is 1.28 bits per heavy atom. The van der Waals surface area contributed by atoms with E-state index in [1.54, 1.807) is 0 Å². The Balaban J connectivity index is 1.23. The number of hydrogen-bond donors (Lipinski definition) is 0. The van der Waals surface area contributed by atoms with E-state index in [0.717, 1.165) is 67.1 Å². The maximum absolute atomic E-state index is 5.30. The van der Waals surface area contributed by atoms with Crippen LogP contribution in [0.15, 0.2) is 146 Å². The topological polar surface area (TPSA) is 51.6 Å². The van der Waals surface area contributed by atoms with Gasteiger partial charge in [-0.15, -0.1) is 0 Å². The van der Waals surface area contributed by atoms with Crippen LogP contribution in [-0.2, 0) is 0 Å². The quantitative estimate of drug-likeness (QED) is 0.175. The Bertz CT molecular complexity index is 2720. The van der Waals surface area contributed by atoms with Gasteiger partial charge < -0.3 is 0 Å². The molecule has 0 N–H and O–H groups in total. The standard InChI is InChI=1S/C46H34N4/c1-3-12-32-26-41(38-17-8-7-15-36(38)29(32)2)45-48-44(31-23-21-30(22-24-31)35-25-34-14-5-11-20-43(34)47-28-35)49-46(50-45)42-27-33-13-4-6-16-37(33)39-18-9-10-19-40(39)42/h3-23,25-28,31H,24H2,1-2H3/b12-3-. The summed E-state index contributed by atoms with van der Waals surface area (Å²) in [5, 5.41) is 8.17. The number of pyridine rings is 1. The molecule has 0 saturated heterocycles. The van der Waals surface area contributed by atoms with Crippen LogP contribution in [0, 0.1) is 6.92 Å². The zero-order valence-electron chi connectivity index (χ0n) is 28.0. The third-order valence-corrected chi connectivity index (χ3v) is 9.96. The van der Waals surface area contributed by atoms with Crippen molar-refractivity contribution >= 4 is 54.9 Å².